The van der Waals surface area contributed by atoms with Gasteiger partial charge in [0, 0.05) is 18.8 Å². The molecule has 2 N–H and O–H groups in total. The van der Waals surface area contributed by atoms with Crippen LogP contribution in [0.2, 0.25) is 5.02 Å². The molecule has 5 heteroatoms. The van der Waals surface area contributed by atoms with E-state index in [1.165, 1.54) is 12.8 Å². The Bertz CT molecular complexity index is 516. The third-order valence-corrected chi connectivity index (χ3v) is 4.55. The first-order valence-corrected chi connectivity index (χ1v) is 8.02. The van der Waals surface area contributed by atoms with E-state index in [9.17, 15) is 4.79 Å². The molecule has 1 atom stereocenters. The molecule has 4 nitrogen and oxygen atoms in total. The molecule has 0 spiro atoms. The number of pyridine rings is 1. The fraction of sp³-hybridized carbons (Fsp3) is 0.625. The van der Waals surface area contributed by atoms with Gasteiger partial charge in [-0.1, -0.05) is 38.3 Å². The van der Waals surface area contributed by atoms with E-state index in [1.54, 1.807) is 12.3 Å². The monoisotopic (exact) mass is 309 g/mol. The minimum Gasteiger partial charge on any atom is -0.369 e. The van der Waals surface area contributed by atoms with E-state index in [1.807, 2.05) is 6.92 Å². The highest BCUT2D eigenvalue weighted by Gasteiger charge is 2.33. The third kappa shape index (κ3) is 3.88. The summed E-state index contributed by atoms with van der Waals surface area (Å²) in [6, 6.07) is 1.89. The van der Waals surface area contributed by atoms with Crippen LogP contribution in [0.5, 0.6) is 0 Å². The lowest BCUT2D eigenvalue weighted by atomic mass is 9.73. The number of carbonyl (C=O) groups excluding carboxylic acids is 1. The molecule has 1 heterocycles. The second kappa shape index (κ2) is 6.65. The first-order valence-electron chi connectivity index (χ1n) is 7.64. The van der Waals surface area contributed by atoms with Crippen LogP contribution in [0, 0.1) is 5.41 Å². The summed E-state index contributed by atoms with van der Waals surface area (Å²) in [5, 5.41) is 6.69. The van der Waals surface area contributed by atoms with Gasteiger partial charge in [0.05, 0.1) is 10.6 Å². The molecule has 1 unspecified atom stereocenters. The quantitative estimate of drug-likeness (QED) is 0.888. The van der Waals surface area contributed by atoms with Crippen molar-refractivity contribution in [2.24, 2.45) is 5.41 Å². The maximum absolute atomic E-state index is 12.4. The Hall–Kier alpha value is -1.29. The van der Waals surface area contributed by atoms with Crippen molar-refractivity contribution in [2.45, 2.75) is 52.5 Å². The smallest absolute Gasteiger partial charge is 0.253 e. The van der Waals surface area contributed by atoms with Gasteiger partial charge in [-0.2, -0.15) is 0 Å². The van der Waals surface area contributed by atoms with E-state index in [-0.39, 0.29) is 17.4 Å². The molecule has 0 aliphatic heterocycles. The van der Waals surface area contributed by atoms with Crippen LogP contribution in [0.15, 0.2) is 12.3 Å². The molecule has 21 heavy (non-hydrogen) atoms. The van der Waals surface area contributed by atoms with Crippen LogP contribution < -0.4 is 10.6 Å². The maximum atomic E-state index is 12.4. The highest BCUT2D eigenvalue weighted by Crippen LogP contribution is 2.35. The van der Waals surface area contributed by atoms with Gasteiger partial charge >= 0.3 is 0 Å². The van der Waals surface area contributed by atoms with Crippen molar-refractivity contribution >= 4 is 23.3 Å². The molecule has 1 aromatic rings. The van der Waals surface area contributed by atoms with Crippen LogP contribution in [0.25, 0.3) is 0 Å². The second-order valence-corrected chi connectivity index (χ2v) is 6.75. The molecule has 116 valence electrons. The van der Waals surface area contributed by atoms with Crippen molar-refractivity contribution < 1.29 is 4.79 Å². The molecular weight excluding hydrogens is 286 g/mol. The number of nitrogens with zero attached hydrogens (tertiary/aromatic N) is 1. The van der Waals surface area contributed by atoms with E-state index in [0.717, 1.165) is 19.4 Å². The standard InChI is InChI=1S/C16H24ClN3O/c1-4-18-14-12(17)9-11(10-19-14)15(21)20-13-7-5-6-8-16(13,2)3/h9-10,13H,4-8H2,1-3H3,(H,18,19)(H,20,21). The highest BCUT2D eigenvalue weighted by molar-refractivity contribution is 6.33. The molecule has 1 aliphatic carbocycles. The second-order valence-electron chi connectivity index (χ2n) is 6.35. The van der Waals surface area contributed by atoms with Gasteiger partial charge < -0.3 is 10.6 Å². The van der Waals surface area contributed by atoms with Gasteiger partial charge in [0.15, 0.2) is 0 Å². The number of hydrogen-bond acceptors (Lipinski definition) is 3. The molecule has 0 saturated heterocycles. The molecule has 1 saturated carbocycles. The molecule has 0 bridgehead atoms. The number of hydrogen-bond donors (Lipinski definition) is 2. The summed E-state index contributed by atoms with van der Waals surface area (Å²) < 4.78 is 0. The Kier molecular flexibility index (Phi) is 5.09. The van der Waals surface area contributed by atoms with Crippen LogP contribution in [0.3, 0.4) is 0 Å². The number of halogens is 1. The number of rotatable bonds is 4. The zero-order valence-electron chi connectivity index (χ0n) is 13.0. The van der Waals surface area contributed by atoms with E-state index in [4.69, 9.17) is 11.6 Å². The lowest BCUT2D eigenvalue weighted by Gasteiger charge is -2.39. The Morgan fingerprint density at radius 2 is 2.24 bits per heavy atom. The van der Waals surface area contributed by atoms with Gasteiger partial charge in [-0.3, -0.25) is 4.79 Å². The molecule has 1 aromatic heterocycles. The normalized spacial score (nSPS) is 20.9. The summed E-state index contributed by atoms with van der Waals surface area (Å²) in [6.45, 7) is 7.16. The number of amides is 1. The maximum Gasteiger partial charge on any atom is 0.253 e. The molecule has 0 radical (unpaired) electrons. The topological polar surface area (TPSA) is 54.0 Å². The molecule has 1 amide bonds. The fourth-order valence-electron chi connectivity index (χ4n) is 2.86. The summed E-state index contributed by atoms with van der Waals surface area (Å²) in [7, 11) is 0. The van der Waals surface area contributed by atoms with Crippen LogP contribution in [-0.4, -0.2) is 23.5 Å². The summed E-state index contributed by atoms with van der Waals surface area (Å²) in [4.78, 5) is 16.6. The van der Waals surface area contributed by atoms with Gasteiger partial charge in [-0.15, -0.1) is 0 Å². The third-order valence-electron chi connectivity index (χ3n) is 4.26. The van der Waals surface area contributed by atoms with Crippen molar-refractivity contribution in [3.05, 3.63) is 22.8 Å². The first-order chi connectivity index (χ1) is 9.94. The highest BCUT2D eigenvalue weighted by atomic mass is 35.5. The van der Waals surface area contributed by atoms with Crippen LogP contribution >= 0.6 is 11.6 Å². The summed E-state index contributed by atoms with van der Waals surface area (Å²) in [5.41, 5.74) is 0.664. The average Bonchev–Trinajstić information content (AvgIpc) is 2.43. The Balaban J connectivity index is 2.08. The van der Waals surface area contributed by atoms with Gasteiger partial charge in [0.1, 0.15) is 5.82 Å². The first kappa shape index (κ1) is 16.1. The largest absolute Gasteiger partial charge is 0.369 e. The summed E-state index contributed by atoms with van der Waals surface area (Å²) in [6.07, 6.45) is 6.18. The fourth-order valence-corrected chi connectivity index (χ4v) is 3.10. The average molecular weight is 310 g/mol. The minimum absolute atomic E-state index is 0.0903. The van der Waals surface area contributed by atoms with Gasteiger partial charge in [0.2, 0.25) is 0 Å². The zero-order valence-corrected chi connectivity index (χ0v) is 13.8. The van der Waals surface area contributed by atoms with Crippen LogP contribution in [-0.2, 0) is 0 Å². The number of nitrogens with one attached hydrogen (secondary N) is 2. The van der Waals surface area contributed by atoms with E-state index >= 15 is 0 Å². The van der Waals surface area contributed by atoms with Gasteiger partial charge in [0.25, 0.3) is 5.91 Å². The van der Waals surface area contributed by atoms with E-state index in [2.05, 4.69) is 29.5 Å². The minimum atomic E-state index is -0.0903. The number of aromatic nitrogens is 1. The molecule has 2 rings (SSSR count). The van der Waals surface area contributed by atoms with Crippen molar-refractivity contribution in [3.63, 3.8) is 0 Å². The zero-order chi connectivity index (χ0) is 15.5. The van der Waals surface area contributed by atoms with Crippen molar-refractivity contribution in [2.75, 3.05) is 11.9 Å². The van der Waals surface area contributed by atoms with Crippen LogP contribution in [0.1, 0.15) is 56.8 Å². The molecule has 1 fully saturated rings. The Labute approximate surface area is 131 Å². The summed E-state index contributed by atoms with van der Waals surface area (Å²) >= 11 is 6.15. The van der Waals surface area contributed by atoms with Gasteiger partial charge in [-0.25, -0.2) is 4.98 Å². The van der Waals surface area contributed by atoms with Crippen molar-refractivity contribution in [1.82, 2.24) is 10.3 Å². The van der Waals surface area contributed by atoms with Gasteiger partial charge in [-0.05, 0) is 31.2 Å². The Morgan fingerprint density at radius 3 is 2.86 bits per heavy atom. The lowest BCUT2D eigenvalue weighted by Crippen LogP contribution is -2.46. The SMILES string of the molecule is CCNc1ncc(C(=O)NC2CCCCC2(C)C)cc1Cl. The predicted molar refractivity (Wildman–Crippen MR) is 86.9 cm³/mol. The Morgan fingerprint density at radius 1 is 1.48 bits per heavy atom. The van der Waals surface area contributed by atoms with E-state index in [0.29, 0.717) is 16.4 Å². The van der Waals surface area contributed by atoms with Crippen molar-refractivity contribution in [3.8, 4) is 0 Å². The molecular formula is C16H24ClN3O. The predicted octanol–water partition coefficient (Wildman–Crippen LogP) is 3.87. The number of anilines is 1. The van der Waals surface area contributed by atoms with Crippen molar-refractivity contribution in [1.29, 1.82) is 0 Å². The lowest BCUT2D eigenvalue weighted by molar-refractivity contribution is 0.0853. The van der Waals surface area contributed by atoms with E-state index < -0.39 is 0 Å². The summed E-state index contributed by atoms with van der Waals surface area (Å²) in [5.74, 6) is 0.529. The van der Waals surface area contributed by atoms with Crippen LogP contribution in [0.4, 0.5) is 5.82 Å². The molecule has 0 aromatic carbocycles. The molecule has 1 aliphatic rings. The number of carbonyl (C=O) groups is 1.